The highest BCUT2D eigenvalue weighted by Crippen LogP contribution is 2.59. The minimum Gasteiger partial charge on any atom is -0.476 e. The third kappa shape index (κ3) is 2.04. The first-order valence-electron chi connectivity index (χ1n) is 9.71. The summed E-state index contributed by atoms with van der Waals surface area (Å²) in [6, 6.07) is 15.9. The van der Waals surface area contributed by atoms with Crippen molar-refractivity contribution in [2.45, 2.75) is 17.9 Å². The van der Waals surface area contributed by atoms with E-state index in [9.17, 15) is 14.4 Å². The molecule has 0 radical (unpaired) electrons. The topological polar surface area (TPSA) is 88.5 Å². The van der Waals surface area contributed by atoms with E-state index in [2.05, 4.69) is 5.10 Å². The van der Waals surface area contributed by atoms with Crippen molar-refractivity contribution in [2.24, 2.45) is 5.10 Å². The maximum absolute atomic E-state index is 14.0. The molecule has 8 heteroatoms. The van der Waals surface area contributed by atoms with Crippen molar-refractivity contribution in [2.75, 3.05) is 24.1 Å². The first kappa shape index (κ1) is 19.0. The summed E-state index contributed by atoms with van der Waals surface area (Å²) in [5.74, 6) is -1.75. The molecule has 0 aromatic heterocycles. The largest absolute Gasteiger partial charge is 0.476 e. The van der Waals surface area contributed by atoms with Crippen molar-refractivity contribution in [1.29, 1.82) is 0 Å². The number of para-hydroxylation sites is 2. The molecule has 3 heterocycles. The van der Waals surface area contributed by atoms with E-state index in [1.165, 1.54) is 23.3 Å². The summed E-state index contributed by atoms with van der Waals surface area (Å²) < 4.78 is 11.0. The SMILES string of the molecule is COC(=O)C1=CO[C@]2(C(=O)N(c3ccccc3)N=C2C)[C@@]12C(=O)N(C)c1ccccc12. The average molecular weight is 417 g/mol. The van der Waals surface area contributed by atoms with Gasteiger partial charge in [0.05, 0.1) is 30.3 Å². The second-order valence-corrected chi connectivity index (χ2v) is 7.59. The fraction of sp³-hybridized carbons (Fsp3) is 0.217. The molecule has 156 valence electrons. The Morgan fingerprint density at radius 1 is 1.03 bits per heavy atom. The number of hydrogen-bond donors (Lipinski definition) is 0. The van der Waals surface area contributed by atoms with E-state index in [0.29, 0.717) is 16.9 Å². The van der Waals surface area contributed by atoms with Gasteiger partial charge in [-0.15, -0.1) is 0 Å². The molecule has 0 N–H and O–H groups in total. The Kier molecular flexibility index (Phi) is 3.86. The van der Waals surface area contributed by atoms with Crippen LogP contribution in [0.1, 0.15) is 12.5 Å². The maximum atomic E-state index is 14.0. The number of anilines is 2. The number of esters is 1. The summed E-state index contributed by atoms with van der Waals surface area (Å²) in [5.41, 5.74) is -1.74. The first-order valence-corrected chi connectivity index (χ1v) is 9.71. The van der Waals surface area contributed by atoms with Crippen molar-refractivity contribution in [1.82, 2.24) is 0 Å². The van der Waals surface area contributed by atoms with E-state index in [-0.39, 0.29) is 11.3 Å². The number of ether oxygens (including phenoxy) is 2. The van der Waals surface area contributed by atoms with E-state index in [0.717, 1.165) is 0 Å². The van der Waals surface area contributed by atoms with Crippen LogP contribution in [0.15, 0.2) is 71.5 Å². The number of hydrogen-bond acceptors (Lipinski definition) is 6. The van der Waals surface area contributed by atoms with Gasteiger partial charge in [0.15, 0.2) is 5.41 Å². The van der Waals surface area contributed by atoms with Gasteiger partial charge < -0.3 is 14.4 Å². The monoisotopic (exact) mass is 417 g/mol. The zero-order chi connectivity index (χ0) is 22.0. The van der Waals surface area contributed by atoms with E-state index >= 15 is 0 Å². The summed E-state index contributed by atoms with van der Waals surface area (Å²) in [5, 5.41) is 5.69. The molecule has 2 spiro atoms. The molecular weight excluding hydrogens is 398 g/mol. The fourth-order valence-electron chi connectivity index (χ4n) is 4.87. The lowest BCUT2D eigenvalue weighted by Crippen LogP contribution is -2.64. The number of nitrogens with zero attached hydrogens (tertiary/aromatic N) is 3. The van der Waals surface area contributed by atoms with Crippen molar-refractivity contribution >= 4 is 34.9 Å². The highest BCUT2D eigenvalue weighted by atomic mass is 16.5. The minimum atomic E-state index is -1.84. The number of carbonyl (C=O) groups is 3. The van der Waals surface area contributed by atoms with Gasteiger partial charge in [-0.2, -0.15) is 10.1 Å². The van der Waals surface area contributed by atoms with Gasteiger partial charge >= 0.3 is 5.97 Å². The Labute approximate surface area is 178 Å². The number of hydrazone groups is 1. The van der Waals surface area contributed by atoms with Gasteiger partial charge in [-0.25, -0.2) is 4.79 Å². The second-order valence-electron chi connectivity index (χ2n) is 7.59. The Bertz CT molecular complexity index is 1200. The van der Waals surface area contributed by atoms with Gasteiger partial charge in [-0.3, -0.25) is 9.59 Å². The standard InChI is InChI=1S/C23H19N3O5/c1-14-23(21(29)26(24-14)15-9-5-4-6-10-15)22(17(13-31-23)19(27)30-3)16-11-7-8-12-18(16)25(2)20(22)28/h4-13H,1-3H3/t22-,23-/m1/s1. The van der Waals surface area contributed by atoms with Crippen LogP contribution < -0.4 is 9.91 Å². The number of amides is 2. The van der Waals surface area contributed by atoms with Gasteiger partial charge in [-0.05, 0) is 25.1 Å². The number of benzene rings is 2. The highest BCUT2D eigenvalue weighted by Gasteiger charge is 2.77. The zero-order valence-electron chi connectivity index (χ0n) is 17.2. The molecule has 0 bridgehead atoms. The lowest BCUT2D eigenvalue weighted by atomic mass is 9.62. The maximum Gasteiger partial charge on any atom is 0.338 e. The number of methoxy groups -OCH3 is 1. The third-order valence-corrected chi connectivity index (χ3v) is 6.24. The number of carbonyl (C=O) groups excluding carboxylic acids is 3. The van der Waals surface area contributed by atoms with Crippen molar-refractivity contribution in [3.8, 4) is 0 Å². The second kappa shape index (κ2) is 6.28. The number of fused-ring (bicyclic) bond motifs is 3. The van der Waals surface area contributed by atoms with E-state index in [1.807, 2.05) is 6.07 Å². The predicted octanol–water partition coefficient (Wildman–Crippen LogP) is 2.15. The van der Waals surface area contributed by atoms with Gasteiger partial charge in [0.2, 0.25) is 5.91 Å². The van der Waals surface area contributed by atoms with Crippen LogP contribution in [-0.4, -0.2) is 43.3 Å². The summed E-state index contributed by atoms with van der Waals surface area (Å²) in [4.78, 5) is 42.1. The van der Waals surface area contributed by atoms with Crippen molar-refractivity contribution < 1.29 is 23.9 Å². The molecule has 5 rings (SSSR count). The Morgan fingerprint density at radius 3 is 2.42 bits per heavy atom. The molecule has 2 aromatic carbocycles. The molecule has 0 unspecified atom stereocenters. The lowest BCUT2D eigenvalue weighted by Gasteiger charge is -2.37. The average Bonchev–Trinajstić information content (AvgIpc) is 3.37. The minimum absolute atomic E-state index is 0.0328. The molecule has 3 aliphatic rings. The normalized spacial score (nSPS) is 26.3. The van der Waals surface area contributed by atoms with Crippen LogP contribution in [0.4, 0.5) is 11.4 Å². The summed E-state index contributed by atoms with van der Waals surface area (Å²) in [6.45, 7) is 1.63. The third-order valence-electron chi connectivity index (χ3n) is 6.24. The molecule has 31 heavy (non-hydrogen) atoms. The smallest absolute Gasteiger partial charge is 0.338 e. The molecule has 2 atom stereocenters. The molecule has 0 fully saturated rings. The van der Waals surface area contributed by atoms with E-state index in [4.69, 9.17) is 9.47 Å². The first-order chi connectivity index (χ1) is 14.9. The van der Waals surface area contributed by atoms with Crippen LogP contribution in [0.3, 0.4) is 0 Å². The molecule has 2 amide bonds. The number of likely N-dealkylation sites (N-methyl/N-ethyl adjacent to an activating group) is 1. The van der Waals surface area contributed by atoms with E-state index < -0.39 is 28.8 Å². The molecule has 0 saturated carbocycles. The Morgan fingerprint density at radius 2 is 1.71 bits per heavy atom. The van der Waals surface area contributed by atoms with Gasteiger partial charge in [0.1, 0.15) is 0 Å². The van der Waals surface area contributed by atoms with Gasteiger partial charge in [-0.1, -0.05) is 36.4 Å². The Hall–Kier alpha value is -3.94. The molecule has 0 saturated heterocycles. The summed E-state index contributed by atoms with van der Waals surface area (Å²) >= 11 is 0. The van der Waals surface area contributed by atoms with Gasteiger partial charge in [0.25, 0.3) is 11.5 Å². The highest BCUT2D eigenvalue weighted by molar-refractivity contribution is 6.31. The molecule has 3 aliphatic heterocycles. The quantitative estimate of drug-likeness (QED) is 0.699. The predicted molar refractivity (Wildman–Crippen MR) is 112 cm³/mol. The molecule has 8 nitrogen and oxygen atoms in total. The van der Waals surface area contributed by atoms with Crippen LogP contribution in [0.2, 0.25) is 0 Å². The summed E-state index contributed by atoms with van der Waals surface area (Å²) in [6.07, 6.45) is 1.17. The van der Waals surface area contributed by atoms with Crippen LogP contribution >= 0.6 is 0 Å². The Balaban J connectivity index is 1.80. The van der Waals surface area contributed by atoms with Crippen LogP contribution in [0, 0.1) is 0 Å². The lowest BCUT2D eigenvalue weighted by molar-refractivity contribution is -0.142. The molecule has 0 aliphatic carbocycles. The van der Waals surface area contributed by atoms with Gasteiger partial charge in [0, 0.05) is 18.3 Å². The van der Waals surface area contributed by atoms with Crippen molar-refractivity contribution in [3.63, 3.8) is 0 Å². The van der Waals surface area contributed by atoms with Crippen LogP contribution in [0.5, 0.6) is 0 Å². The zero-order valence-corrected chi connectivity index (χ0v) is 17.2. The van der Waals surface area contributed by atoms with Crippen molar-refractivity contribution in [3.05, 3.63) is 72.0 Å². The van der Waals surface area contributed by atoms with Crippen LogP contribution in [0.25, 0.3) is 0 Å². The number of rotatable bonds is 2. The summed E-state index contributed by atoms with van der Waals surface area (Å²) in [7, 11) is 2.84. The molecule has 2 aromatic rings. The van der Waals surface area contributed by atoms with Crippen LogP contribution in [-0.2, 0) is 29.3 Å². The van der Waals surface area contributed by atoms with E-state index in [1.54, 1.807) is 62.5 Å². The molecular formula is C23H19N3O5. The fourth-order valence-corrected chi connectivity index (χ4v) is 4.87.